The Morgan fingerprint density at radius 1 is 1.60 bits per heavy atom. The van der Waals surface area contributed by atoms with Crippen molar-refractivity contribution in [1.82, 2.24) is 20.2 Å². The van der Waals surface area contributed by atoms with Gasteiger partial charge in [0.05, 0.1) is 12.3 Å². The van der Waals surface area contributed by atoms with E-state index >= 15 is 0 Å². The van der Waals surface area contributed by atoms with Gasteiger partial charge in [-0.2, -0.15) is 0 Å². The molecule has 1 heterocycles. The monoisotopic (exact) mass is 230 g/mol. The summed E-state index contributed by atoms with van der Waals surface area (Å²) >= 11 is 1.38. The summed E-state index contributed by atoms with van der Waals surface area (Å²) in [6.07, 6.45) is 0. The average molecular weight is 230 g/mol. The molecule has 0 aliphatic heterocycles. The van der Waals surface area contributed by atoms with Crippen LogP contribution in [0.15, 0.2) is 5.38 Å². The minimum Gasteiger partial charge on any atom is -0.383 e. The van der Waals surface area contributed by atoms with Crippen LogP contribution < -0.4 is 10.6 Å². The van der Waals surface area contributed by atoms with Crippen LogP contribution in [-0.2, 0) is 11.3 Å². The molecule has 0 bridgehead atoms. The van der Waals surface area contributed by atoms with Gasteiger partial charge >= 0.3 is 0 Å². The van der Waals surface area contributed by atoms with Crippen molar-refractivity contribution >= 4 is 11.5 Å². The highest BCUT2D eigenvalue weighted by Gasteiger charge is 2.01. The maximum atomic E-state index is 4.94. The summed E-state index contributed by atoms with van der Waals surface area (Å²) in [6.45, 7) is 5.49. The van der Waals surface area contributed by atoms with Crippen molar-refractivity contribution in [2.45, 2.75) is 19.5 Å². The number of nitrogens with zero attached hydrogens (tertiary/aromatic N) is 2. The quantitative estimate of drug-likeness (QED) is 0.627. The number of aromatic nitrogens is 2. The second-order valence-corrected chi connectivity index (χ2v) is 3.98. The molecule has 0 amide bonds. The predicted molar refractivity (Wildman–Crippen MR) is 61.0 cm³/mol. The third-order valence-electron chi connectivity index (χ3n) is 1.97. The summed E-state index contributed by atoms with van der Waals surface area (Å²) in [6, 6.07) is 0.420. The van der Waals surface area contributed by atoms with Gasteiger partial charge in [0.1, 0.15) is 0 Å². The number of hydrogen-bond acceptors (Lipinski definition) is 6. The summed E-state index contributed by atoms with van der Waals surface area (Å²) in [7, 11) is 1.71. The Morgan fingerprint density at radius 2 is 2.47 bits per heavy atom. The fraction of sp³-hybridized carbons (Fsp3) is 0.778. The highest BCUT2D eigenvalue weighted by atomic mass is 32.1. The van der Waals surface area contributed by atoms with Gasteiger partial charge in [0, 0.05) is 38.2 Å². The number of nitrogens with one attached hydrogen (secondary N) is 2. The van der Waals surface area contributed by atoms with Gasteiger partial charge in [0.15, 0.2) is 0 Å². The third-order valence-corrected chi connectivity index (χ3v) is 2.52. The van der Waals surface area contributed by atoms with Gasteiger partial charge in [-0.1, -0.05) is 4.49 Å². The molecule has 0 fully saturated rings. The van der Waals surface area contributed by atoms with Crippen molar-refractivity contribution in [1.29, 1.82) is 0 Å². The van der Waals surface area contributed by atoms with Crippen LogP contribution in [0, 0.1) is 0 Å². The molecule has 5 nitrogen and oxygen atoms in total. The van der Waals surface area contributed by atoms with E-state index in [4.69, 9.17) is 4.74 Å². The molecule has 1 unspecified atom stereocenters. The lowest BCUT2D eigenvalue weighted by molar-refractivity contribution is 0.198. The Kier molecular flexibility index (Phi) is 6.42. The summed E-state index contributed by atoms with van der Waals surface area (Å²) in [5.74, 6) is 0. The van der Waals surface area contributed by atoms with Crippen LogP contribution in [-0.4, -0.2) is 42.4 Å². The van der Waals surface area contributed by atoms with Crippen molar-refractivity contribution < 1.29 is 4.74 Å². The van der Waals surface area contributed by atoms with Gasteiger partial charge in [-0.25, -0.2) is 0 Å². The molecule has 86 valence electrons. The summed E-state index contributed by atoms with van der Waals surface area (Å²) in [5, 5.41) is 12.6. The summed E-state index contributed by atoms with van der Waals surface area (Å²) in [4.78, 5) is 0. The SMILES string of the molecule is COCCNCC(C)NCc1csnn1. The number of methoxy groups -OCH3 is 1. The minimum atomic E-state index is 0.420. The van der Waals surface area contributed by atoms with Crippen molar-refractivity contribution in [3.63, 3.8) is 0 Å². The first-order chi connectivity index (χ1) is 7.33. The fourth-order valence-electron chi connectivity index (χ4n) is 1.10. The Morgan fingerprint density at radius 3 is 3.13 bits per heavy atom. The highest BCUT2D eigenvalue weighted by molar-refractivity contribution is 7.03. The van der Waals surface area contributed by atoms with E-state index in [1.807, 2.05) is 5.38 Å². The molecule has 2 N–H and O–H groups in total. The number of rotatable bonds is 8. The van der Waals surface area contributed by atoms with E-state index in [-0.39, 0.29) is 0 Å². The molecule has 0 radical (unpaired) electrons. The zero-order valence-electron chi connectivity index (χ0n) is 9.19. The van der Waals surface area contributed by atoms with Crippen LogP contribution >= 0.6 is 11.5 Å². The molecule has 15 heavy (non-hydrogen) atoms. The molecule has 0 aliphatic rings. The minimum absolute atomic E-state index is 0.420. The molecular weight excluding hydrogens is 212 g/mol. The number of ether oxygens (including phenoxy) is 1. The zero-order valence-corrected chi connectivity index (χ0v) is 10.0. The topological polar surface area (TPSA) is 59.1 Å². The highest BCUT2D eigenvalue weighted by Crippen LogP contribution is 1.96. The number of hydrogen-bond donors (Lipinski definition) is 2. The smallest absolute Gasteiger partial charge is 0.0893 e. The maximum Gasteiger partial charge on any atom is 0.0893 e. The zero-order chi connectivity index (χ0) is 10.9. The molecule has 0 aromatic carbocycles. The lowest BCUT2D eigenvalue weighted by Crippen LogP contribution is -2.37. The largest absolute Gasteiger partial charge is 0.383 e. The van der Waals surface area contributed by atoms with Gasteiger partial charge in [-0.3, -0.25) is 0 Å². The third kappa shape index (κ3) is 5.78. The average Bonchev–Trinajstić information content (AvgIpc) is 2.74. The standard InChI is InChI=1S/C9H18N4OS/c1-8(5-10-3-4-14-2)11-6-9-7-15-13-12-9/h7-8,10-11H,3-6H2,1-2H3. The molecule has 0 saturated carbocycles. The van der Waals surface area contributed by atoms with Gasteiger partial charge in [0.2, 0.25) is 0 Å². The van der Waals surface area contributed by atoms with Crippen LogP contribution in [0.2, 0.25) is 0 Å². The van der Waals surface area contributed by atoms with Crippen molar-refractivity contribution in [3.05, 3.63) is 11.1 Å². The lowest BCUT2D eigenvalue weighted by atomic mass is 10.3. The van der Waals surface area contributed by atoms with E-state index in [2.05, 4.69) is 27.1 Å². The molecule has 1 rings (SSSR count). The van der Waals surface area contributed by atoms with Gasteiger partial charge < -0.3 is 15.4 Å². The molecule has 6 heteroatoms. The van der Waals surface area contributed by atoms with Crippen molar-refractivity contribution in [2.75, 3.05) is 26.8 Å². The van der Waals surface area contributed by atoms with E-state index in [0.717, 1.165) is 31.9 Å². The van der Waals surface area contributed by atoms with Gasteiger partial charge in [-0.15, -0.1) is 5.10 Å². The van der Waals surface area contributed by atoms with Crippen LogP contribution in [0.3, 0.4) is 0 Å². The van der Waals surface area contributed by atoms with Crippen LogP contribution in [0.1, 0.15) is 12.6 Å². The maximum absolute atomic E-state index is 4.94. The van der Waals surface area contributed by atoms with Crippen LogP contribution in [0.5, 0.6) is 0 Å². The molecule has 0 saturated heterocycles. The Labute approximate surface area is 94.4 Å². The van der Waals surface area contributed by atoms with E-state index in [9.17, 15) is 0 Å². The van der Waals surface area contributed by atoms with Crippen molar-refractivity contribution in [2.24, 2.45) is 0 Å². The first-order valence-corrected chi connectivity index (χ1v) is 5.85. The lowest BCUT2D eigenvalue weighted by Gasteiger charge is -2.13. The van der Waals surface area contributed by atoms with Crippen LogP contribution in [0.4, 0.5) is 0 Å². The second-order valence-electron chi connectivity index (χ2n) is 3.38. The van der Waals surface area contributed by atoms with E-state index < -0.39 is 0 Å². The summed E-state index contributed by atoms with van der Waals surface area (Å²) in [5.41, 5.74) is 1.00. The molecular formula is C9H18N4OS. The molecule has 0 aliphatic carbocycles. The Balaban J connectivity index is 2.01. The van der Waals surface area contributed by atoms with Gasteiger partial charge in [0.25, 0.3) is 0 Å². The summed E-state index contributed by atoms with van der Waals surface area (Å²) < 4.78 is 8.75. The van der Waals surface area contributed by atoms with E-state index in [1.54, 1.807) is 7.11 Å². The van der Waals surface area contributed by atoms with E-state index in [0.29, 0.717) is 6.04 Å². The van der Waals surface area contributed by atoms with Crippen LogP contribution in [0.25, 0.3) is 0 Å². The molecule has 1 aromatic rings. The molecule has 1 aromatic heterocycles. The first-order valence-electron chi connectivity index (χ1n) is 5.02. The predicted octanol–water partition coefficient (Wildman–Crippen LogP) is 0.252. The first kappa shape index (κ1) is 12.5. The molecule has 0 spiro atoms. The normalized spacial score (nSPS) is 12.9. The van der Waals surface area contributed by atoms with Gasteiger partial charge in [-0.05, 0) is 18.5 Å². The Hall–Kier alpha value is -0.560. The molecule has 1 atom stereocenters. The second kappa shape index (κ2) is 7.70. The van der Waals surface area contributed by atoms with Crippen molar-refractivity contribution in [3.8, 4) is 0 Å². The fourth-order valence-corrected chi connectivity index (χ4v) is 1.56. The van der Waals surface area contributed by atoms with E-state index in [1.165, 1.54) is 11.5 Å². The Bertz CT molecular complexity index is 242.